The molecule has 144 valence electrons. The van der Waals surface area contributed by atoms with Gasteiger partial charge in [0.25, 0.3) is 0 Å². The van der Waals surface area contributed by atoms with Gasteiger partial charge in [-0.1, -0.05) is 25.9 Å². The van der Waals surface area contributed by atoms with Crippen molar-refractivity contribution in [1.29, 1.82) is 0 Å². The van der Waals surface area contributed by atoms with Crippen molar-refractivity contribution in [3.8, 4) is 0 Å². The van der Waals surface area contributed by atoms with Gasteiger partial charge in [0.2, 0.25) is 5.89 Å². The maximum Gasteiger partial charge on any atom is 0.226 e. The number of halogens is 1. The Hall–Kier alpha value is -0.510. The molecule has 8 heteroatoms. The molecule has 0 spiro atoms. The minimum Gasteiger partial charge on any atom is -0.357 e. The SMILES string of the molecule is CCNC(=NCCCc1nc(C(C)C)no1)N1CCSC(CC)C1.I. The topological polar surface area (TPSA) is 66.5 Å². The van der Waals surface area contributed by atoms with E-state index in [0.717, 1.165) is 61.9 Å². The van der Waals surface area contributed by atoms with Gasteiger partial charge in [-0.05, 0) is 19.8 Å². The van der Waals surface area contributed by atoms with E-state index in [9.17, 15) is 0 Å². The number of thioether (sulfide) groups is 1. The van der Waals surface area contributed by atoms with E-state index < -0.39 is 0 Å². The van der Waals surface area contributed by atoms with Crippen LogP contribution in [0.1, 0.15) is 58.2 Å². The second-order valence-electron chi connectivity index (χ2n) is 6.39. The van der Waals surface area contributed by atoms with Crippen LogP contribution in [0, 0.1) is 0 Å². The molecule has 1 saturated heterocycles. The summed E-state index contributed by atoms with van der Waals surface area (Å²) in [6, 6.07) is 0. The number of aromatic nitrogens is 2. The molecule has 1 N–H and O–H groups in total. The zero-order valence-electron chi connectivity index (χ0n) is 15.8. The van der Waals surface area contributed by atoms with Crippen molar-refractivity contribution in [2.24, 2.45) is 4.99 Å². The van der Waals surface area contributed by atoms with E-state index in [4.69, 9.17) is 9.52 Å². The van der Waals surface area contributed by atoms with Gasteiger partial charge >= 0.3 is 0 Å². The van der Waals surface area contributed by atoms with Crippen molar-refractivity contribution in [1.82, 2.24) is 20.4 Å². The normalized spacial score (nSPS) is 18.4. The van der Waals surface area contributed by atoms with Crippen molar-refractivity contribution < 1.29 is 4.52 Å². The molecule has 6 nitrogen and oxygen atoms in total. The summed E-state index contributed by atoms with van der Waals surface area (Å²) >= 11 is 2.08. The Morgan fingerprint density at radius 2 is 2.24 bits per heavy atom. The van der Waals surface area contributed by atoms with Crippen LogP contribution in [0.2, 0.25) is 0 Å². The first-order valence-electron chi connectivity index (χ1n) is 9.11. The van der Waals surface area contributed by atoms with Crippen LogP contribution in [-0.4, -0.2) is 58.2 Å². The van der Waals surface area contributed by atoms with Gasteiger partial charge in [0, 0.05) is 49.5 Å². The molecule has 0 saturated carbocycles. The molecule has 1 aliphatic rings. The minimum atomic E-state index is 0. The van der Waals surface area contributed by atoms with Crippen LogP contribution in [0.25, 0.3) is 0 Å². The number of aliphatic imine (C=N–C) groups is 1. The highest BCUT2D eigenvalue weighted by Gasteiger charge is 2.21. The van der Waals surface area contributed by atoms with Crippen LogP contribution < -0.4 is 5.32 Å². The fourth-order valence-corrected chi connectivity index (χ4v) is 3.78. The molecule has 1 fully saturated rings. The second-order valence-corrected chi connectivity index (χ2v) is 7.80. The van der Waals surface area contributed by atoms with E-state index in [-0.39, 0.29) is 24.0 Å². The zero-order valence-corrected chi connectivity index (χ0v) is 19.0. The number of hydrogen-bond acceptors (Lipinski definition) is 5. The summed E-state index contributed by atoms with van der Waals surface area (Å²) in [6.07, 6.45) is 2.93. The number of aryl methyl sites for hydroxylation is 1. The Morgan fingerprint density at radius 1 is 1.44 bits per heavy atom. The van der Waals surface area contributed by atoms with Crippen molar-refractivity contribution in [3.63, 3.8) is 0 Å². The summed E-state index contributed by atoms with van der Waals surface area (Å²) in [4.78, 5) is 11.6. The van der Waals surface area contributed by atoms with Gasteiger partial charge in [-0.3, -0.25) is 4.99 Å². The summed E-state index contributed by atoms with van der Waals surface area (Å²) in [7, 11) is 0. The van der Waals surface area contributed by atoms with E-state index in [0.29, 0.717) is 5.92 Å². The number of nitrogens with one attached hydrogen (secondary N) is 1. The third-order valence-electron chi connectivity index (χ3n) is 4.04. The third-order valence-corrected chi connectivity index (χ3v) is 5.41. The molecule has 0 radical (unpaired) electrons. The van der Waals surface area contributed by atoms with Gasteiger partial charge in [0.05, 0.1) is 0 Å². The second kappa shape index (κ2) is 12.0. The lowest BCUT2D eigenvalue weighted by Gasteiger charge is -2.34. The monoisotopic (exact) mass is 481 g/mol. The van der Waals surface area contributed by atoms with Gasteiger partial charge in [-0.2, -0.15) is 16.7 Å². The van der Waals surface area contributed by atoms with Crippen molar-refractivity contribution in [3.05, 3.63) is 11.7 Å². The summed E-state index contributed by atoms with van der Waals surface area (Å²) < 4.78 is 5.29. The molecular formula is C17H32IN5OS. The number of nitrogens with zero attached hydrogens (tertiary/aromatic N) is 4. The maximum absolute atomic E-state index is 5.29. The first-order chi connectivity index (χ1) is 11.6. The van der Waals surface area contributed by atoms with Gasteiger partial charge in [0.1, 0.15) is 0 Å². The molecule has 2 heterocycles. The van der Waals surface area contributed by atoms with Gasteiger partial charge in [0.15, 0.2) is 11.8 Å². The summed E-state index contributed by atoms with van der Waals surface area (Å²) in [5.74, 6) is 4.05. The fourth-order valence-electron chi connectivity index (χ4n) is 2.60. The quantitative estimate of drug-likeness (QED) is 0.278. The molecule has 2 rings (SSSR count). The number of guanidine groups is 1. The largest absolute Gasteiger partial charge is 0.357 e. The smallest absolute Gasteiger partial charge is 0.226 e. The first-order valence-corrected chi connectivity index (χ1v) is 10.2. The average molecular weight is 481 g/mol. The van der Waals surface area contributed by atoms with E-state index >= 15 is 0 Å². The number of rotatable bonds is 7. The molecule has 1 unspecified atom stereocenters. The van der Waals surface area contributed by atoms with Crippen molar-refractivity contribution >= 4 is 41.7 Å². The zero-order chi connectivity index (χ0) is 17.4. The molecule has 0 aliphatic carbocycles. The summed E-state index contributed by atoms with van der Waals surface area (Å²) in [6.45, 7) is 12.4. The Labute approximate surface area is 173 Å². The predicted molar refractivity (Wildman–Crippen MR) is 116 cm³/mol. The predicted octanol–water partition coefficient (Wildman–Crippen LogP) is 3.54. The minimum absolute atomic E-state index is 0. The van der Waals surface area contributed by atoms with E-state index in [1.54, 1.807) is 0 Å². The number of hydrogen-bond donors (Lipinski definition) is 1. The summed E-state index contributed by atoms with van der Waals surface area (Å²) in [5.41, 5.74) is 0. The summed E-state index contributed by atoms with van der Waals surface area (Å²) in [5, 5.41) is 8.15. The molecule has 1 aromatic rings. The molecule has 0 bridgehead atoms. The molecular weight excluding hydrogens is 449 g/mol. The van der Waals surface area contributed by atoms with Crippen LogP contribution in [0.5, 0.6) is 0 Å². The molecule has 0 amide bonds. The molecule has 25 heavy (non-hydrogen) atoms. The van der Waals surface area contributed by atoms with Crippen LogP contribution in [0.4, 0.5) is 0 Å². The molecule has 0 aromatic carbocycles. The Morgan fingerprint density at radius 3 is 2.88 bits per heavy atom. The lowest BCUT2D eigenvalue weighted by atomic mass is 10.2. The van der Waals surface area contributed by atoms with Crippen LogP contribution in [0.15, 0.2) is 9.52 Å². The molecule has 1 aliphatic heterocycles. The standard InChI is InChI=1S/C17H31N5OS.HI/c1-5-14-12-22(10-11-24-14)17(18-6-2)19-9-7-8-15-20-16(13(3)4)21-23-15;/h13-14H,5-12H2,1-4H3,(H,18,19);1H. The lowest BCUT2D eigenvalue weighted by molar-refractivity contribution is 0.369. The van der Waals surface area contributed by atoms with E-state index in [2.05, 4.69) is 59.8 Å². The highest BCUT2D eigenvalue weighted by molar-refractivity contribution is 14.0. The Balaban J connectivity index is 0.00000312. The lowest BCUT2D eigenvalue weighted by Crippen LogP contribution is -2.48. The van der Waals surface area contributed by atoms with Crippen molar-refractivity contribution in [2.45, 2.75) is 58.1 Å². The Kier molecular flexibility index (Phi) is 10.8. The van der Waals surface area contributed by atoms with Crippen molar-refractivity contribution in [2.75, 3.05) is 31.9 Å². The Bertz CT molecular complexity index is 523. The first kappa shape index (κ1) is 22.5. The highest BCUT2D eigenvalue weighted by atomic mass is 127. The van der Waals surface area contributed by atoms with Crippen LogP contribution >= 0.6 is 35.7 Å². The highest BCUT2D eigenvalue weighted by Crippen LogP contribution is 2.21. The average Bonchev–Trinajstić information content (AvgIpc) is 3.07. The van der Waals surface area contributed by atoms with E-state index in [1.807, 2.05) is 0 Å². The van der Waals surface area contributed by atoms with Gasteiger partial charge < -0.3 is 14.7 Å². The van der Waals surface area contributed by atoms with Crippen LogP contribution in [0.3, 0.4) is 0 Å². The van der Waals surface area contributed by atoms with Gasteiger partial charge in [-0.25, -0.2) is 0 Å². The third kappa shape index (κ3) is 7.32. The molecule has 1 atom stereocenters. The fraction of sp³-hybridized carbons (Fsp3) is 0.824. The maximum atomic E-state index is 5.29. The molecule has 1 aromatic heterocycles. The van der Waals surface area contributed by atoms with E-state index in [1.165, 1.54) is 12.2 Å². The van der Waals surface area contributed by atoms with Gasteiger partial charge in [-0.15, -0.1) is 24.0 Å². The van der Waals surface area contributed by atoms with Crippen LogP contribution in [-0.2, 0) is 6.42 Å².